The van der Waals surface area contributed by atoms with Crippen molar-refractivity contribution in [3.63, 3.8) is 0 Å². The number of nitrogens with zero attached hydrogens (tertiary/aromatic N) is 1. The predicted molar refractivity (Wildman–Crippen MR) is 85.6 cm³/mol. The number of non-ortho nitro benzene ring substituents is 1. The van der Waals surface area contributed by atoms with Gasteiger partial charge in [0.2, 0.25) is 5.78 Å². The number of nitro benzene ring substituents is 1. The van der Waals surface area contributed by atoms with E-state index in [0.717, 1.165) is 0 Å². The zero-order valence-electron chi connectivity index (χ0n) is 12.5. The Bertz CT molecular complexity index is 1000. The molecule has 0 atom stereocenters. The molecule has 0 saturated heterocycles. The van der Waals surface area contributed by atoms with E-state index in [9.17, 15) is 19.7 Å². The SMILES string of the molecule is COc1ccc2ccc(=O)oc2c1C(=O)c1ccc([N+](=O)[O-])cc1. The summed E-state index contributed by atoms with van der Waals surface area (Å²) in [5.74, 6) is -0.207. The van der Waals surface area contributed by atoms with Crippen molar-refractivity contribution in [3.8, 4) is 5.75 Å². The molecule has 3 aromatic rings. The van der Waals surface area contributed by atoms with Crippen LogP contribution >= 0.6 is 0 Å². The van der Waals surface area contributed by atoms with Crippen LogP contribution in [0.5, 0.6) is 5.75 Å². The molecule has 0 aliphatic rings. The maximum absolute atomic E-state index is 12.8. The quantitative estimate of drug-likeness (QED) is 0.316. The summed E-state index contributed by atoms with van der Waals surface area (Å²) in [5, 5.41) is 11.3. The Morgan fingerprint density at radius 3 is 2.38 bits per heavy atom. The monoisotopic (exact) mass is 325 g/mol. The first-order chi connectivity index (χ1) is 11.5. The number of hydrogen-bond donors (Lipinski definition) is 0. The molecule has 0 unspecified atom stereocenters. The highest BCUT2D eigenvalue weighted by Crippen LogP contribution is 2.29. The minimum atomic E-state index is -0.589. The molecule has 0 fully saturated rings. The fourth-order valence-corrected chi connectivity index (χ4v) is 2.38. The molecule has 0 saturated carbocycles. The zero-order chi connectivity index (χ0) is 17.3. The number of fused-ring (bicyclic) bond motifs is 1. The summed E-state index contributed by atoms with van der Waals surface area (Å²) in [6.07, 6.45) is 0. The van der Waals surface area contributed by atoms with Crippen LogP contribution in [-0.2, 0) is 0 Å². The summed E-state index contributed by atoms with van der Waals surface area (Å²) in [6, 6.07) is 11.2. The summed E-state index contributed by atoms with van der Waals surface area (Å²) in [6.45, 7) is 0. The van der Waals surface area contributed by atoms with Crippen LogP contribution in [0.4, 0.5) is 5.69 Å². The van der Waals surface area contributed by atoms with Crippen LogP contribution in [0.15, 0.2) is 57.7 Å². The molecule has 1 heterocycles. The number of ether oxygens (including phenoxy) is 1. The Balaban J connectivity index is 2.19. The molecule has 0 aliphatic carbocycles. The highest BCUT2D eigenvalue weighted by molar-refractivity contribution is 6.17. The van der Waals surface area contributed by atoms with Crippen LogP contribution in [0, 0.1) is 10.1 Å². The van der Waals surface area contributed by atoms with Gasteiger partial charge in [0.1, 0.15) is 11.3 Å². The van der Waals surface area contributed by atoms with Gasteiger partial charge in [-0.3, -0.25) is 14.9 Å². The second-order valence-corrected chi connectivity index (χ2v) is 4.95. The lowest BCUT2D eigenvalue weighted by Crippen LogP contribution is -2.07. The van der Waals surface area contributed by atoms with E-state index in [1.165, 1.54) is 37.4 Å². The van der Waals surface area contributed by atoms with Crippen LogP contribution < -0.4 is 10.4 Å². The second-order valence-electron chi connectivity index (χ2n) is 4.95. The van der Waals surface area contributed by atoms with Gasteiger partial charge in [-0.05, 0) is 30.3 Å². The molecule has 0 spiro atoms. The summed E-state index contributed by atoms with van der Waals surface area (Å²) < 4.78 is 10.4. The highest BCUT2D eigenvalue weighted by Gasteiger charge is 2.21. The van der Waals surface area contributed by atoms with Gasteiger partial charge < -0.3 is 9.15 Å². The van der Waals surface area contributed by atoms with Crippen molar-refractivity contribution in [3.05, 3.63) is 80.2 Å². The number of hydrogen-bond acceptors (Lipinski definition) is 6. The van der Waals surface area contributed by atoms with Crippen LogP contribution in [0.3, 0.4) is 0 Å². The normalized spacial score (nSPS) is 10.5. The molecule has 7 heteroatoms. The second kappa shape index (κ2) is 5.96. The average molecular weight is 325 g/mol. The largest absolute Gasteiger partial charge is 0.496 e. The molecular weight excluding hydrogens is 314 g/mol. The standard InChI is InChI=1S/C17H11NO6/c1-23-13-8-4-11-5-9-14(19)24-17(11)15(13)16(20)10-2-6-12(7-3-10)18(21)22/h2-9H,1H3. The van der Waals surface area contributed by atoms with Crippen LogP contribution in [0.1, 0.15) is 15.9 Å². The van der Waals surface area contributed by atoms with E-state index in [4.69, 9.17) is 9.15 Å². The molecule has 3 rings (SSSR count). The van der Waals surface area contributed by atoms with Crippen molar-refractivity contribution >= 4 is 22.4 Å². The molecule has 0 radical (unpaired) electrons. The lowest BCUT2D eigenvalue weighted by atomic mass is 10.00. The van der Waals surface area contributed by atoms with Gasteiger partial charge in [0.25, 0.3) is 5.69 Å². The van der Waals surface area contributed by atoms with Gasteiger partial charge in [-0.1, -0.05) is 0 Å². The molecule has 2 aromatic carbocycles. The van der Waals surface area contributed by atoms with Crippen molar-refractivity contribution in [2.45, 2.75) is 0 Å². The Morgan fingerprint density at radius 1 is 1.08 bits per heavy atom. The Hall–Kier alpha value is -3.48. The van der Waals surface area contributed by atoms with Gasteiger partial charge in [-0.2, -0.15) is 0 Å². The molecule has 0 amide bonds. The van der Waals surface area contributed by atoms with Crippen LogP contribution in [-0.4, -0.2) is 17.8 Å². The molecule has 24 heavy (non-hydrogen) atoms. The molecule has 0 bridgehead atoms. The van der Waals surface area contributed by atoms with Crippen molar-refractivity contribution < 1.29 is 18.9 Å². The van der Waals surface area contributed by atoms with E-state index in [-0.39, 0.29) is 28.1 Å². The Kier molecular flexibility index (Phi) is 3.83. The van der Waals surface area contributed by atoms with E-state index < -0.39 is 16.3 Å². The number of carbonyl (C=O) groups excluding carboxylic acids is 1. The number of ketones is 1. The van der Waals surface area contributed by atoms with Crippen molar-refractivity contribution in [2.75, 3.05) is 7.11 Å². The Morgan fingerprint density at radius 2 is 1.75 bits per heavy atom. The molecular formula is C17H11NO6. The third-order valence-corrected chi connectivity index (χ3v) is 3.54. The molecule has 0 aliphatic heterocycles. The van der Waals surface area contributed by atoms with Gasteiger partial charge in [0.15, 0.2) is 5.58 Å². The first-order valence-corrected chi connectivity index (χ1v) is 6.91. The molecule has 1 aromatic heterocycles. The number of carbonyl (C=O) groups is 1. The predicted octanol–water partition coefficient (Wildman–Crippen LogP) is 2.94. The fraction of sp³-hybridized carbons (Fsp3) is 0.0588. The van der Waals surface area contributed by atoms with E-state index in [1.807, 2.05) is 0 Å². The molecule has 120 valence electrons. The van der Waals surface area contributed by atoms with Crippen LogP contribution in [0.25, 0.3) is 11.0 Å². The third-order valence-electron chi connectivity index (χ3n) is 3.54. The average Bonchev–Trinajstić information content (AvgIpc) is 2.60. The number of benzene rings is 2. The lowest BCUT2D eigenvalue weighted by Gasteiger charge is -2.10. The fourth-order valence-electron chi connectivity index (χ4n) is 2.38. The van der Waals surface area contributed by atoms with Gasteiger partial charge in [-0.15, -0.1) is 0 Å². The van der Waals surface area contributed by atoms with E-state index in [0.29, 0.717) is 5.39 Å². The van der Waals surface area contributed by atoms with Gasteiger partial charge in [0, 0.05) is 29.1 Å². The van der Waals surface area contributed by atoms with Gasteiger partial charge >= 0.3 is 5.63 Å². The minimum Gasteiger partial charge on any atom is -0.496 e. The smallest absolute Gasteiger partial charge is 0.336 e. The highest BCUT2D eigenvalue weighted by atomic mass is 16.6. The molecule has 0 N–H and O–H groups in total. The summed E-state index contributed by atoms with van der Waals surface area (Å²) >= 11 is 0. The lowest BCUT2D eigenvalue weighted by molar-refractivity contribution is -0.384. The maximum atomic E-state index is 12.8. The summed E-state index contributed by atoms with van der Waals surface area (Å²) in [5.41, 5.74) is -0.277. The van der Waals surface area contributed by atoms with E-state index >= 15 is 0 Å². The third kappa shape index (κ3) is 2.63. The summed E-state index contributed by atoms with van der Waals surface area (Å²) in [7, 11) is 1.40. The van der Waals surface area contributed by atoms with Gasteiger partial charge in [0.05, 0.1) is 12.0 Å². The Labute approximate surface area is 135 Å². The minimum absolute atomic E-state index is 0.0987. The zero-order valence-corrected chi connectivity index (χ0v) is 12.5. The molecule has 7 nitrogen and oxygen atoms in total. The first kappa shape index (κ1) is 15.4. The van der Waals surface area contributed by atoms with E-state index in [1.54, 1.807) is 18.2 Å². The van der Waals surface area contributed by atoms with Crippen molar-refractivity contribution in [1.82, 2.24) is 0 Å². The summed E-state index contributed by atoms with van der Waals surface area (Å²) in [4.78, 5) is 34.5. The first-order valence-electron chi connectivity index (χ1n) is 6.91. The topological polar surface area (TPSA) is 99.7 Å². The van der Waals surface area contributed by atoms with E-state index in [2.05, 4.69) is 0 Å². The number of rotatable bonds is 4. The number of methoxy groups -OCH3 is 1. The van der Waals surface area contributed by atoms with Crippen molar-refractivity contribution in [1.29, 1.82) is 0 Å². The number of nitro groups is 1. The van der Waals surface area contributed by atoms with Gasteiger partial charge in [-0.25, -0.2) is 4.79 Å². The maximum Gasteiger partial charge on any atom is 0.336 e. The van der Waals surface area contributed by atoms with Crippen LogP contribution in [0.2, 0.25) is 0 Å². The van der Waals surface area contributed by atoms with Crippen molar-refractivity contribution in [2.24, 2.45) is 0 Å².